The first-order chi connectivity index (χ1) is 6.63. The zero-order chi connectivity index (χ0) is 10.6. The molecule has 1 atom stereocenters. The third-order valence-electron chi connectivity index (χ3n) is 1.93. The second kappa shape index (κ2) is 5.00. The van der Waals surface area contributed by atoms with Gasteiger partial charge in [-0.3, -0.25) is 0 Å². The maximum absolute atomic E-state index is 13.0. The summed E-state index contributed by atoms with van der Waals surface area (Å²) in [6, 6.07) is 3.02. The highest BCUT2D eigenvalue weighted by Crippen LogP contribution is 2.14. The molecular weight excluding hydrogens is 191 g/mol. The summed E-state index contributed by atoms with van der Waals surface area (Å²) in [5.74, 6) is -1.13. The molecule has 2 N–H and O–H groups in total. The smallest absolute Gasteiger partial charge is 0.126 e. The van der Waals surface area contributed by atoms with E-state index in [1.54, 1.807) is 0 Å². The fraction of sp³-hybridized carbons (Fsp3) is 0.400. The Bertz CT molecular complexity index is 301. The molecule has 0 heterocycles. The van der Waals surface area contributed by atoms with E-state index in [0.717, 1.165) is 18.2 Å². The number of benzene rings is 1. The van der Waals surface area contributed by atoms with Crippen molar-refractivity contribution in [1.29, 1.82) is 0 Å². The number of alkyl halides is 1. The maximum atomic E-state index is 13.0. The Labute approximate surface area is 80.7 Å². The predicted octanol–water partition coefficient (Wildman–Crippen LogP) is 2.19. The van der Waals surface area contributed by atoms with Crippen LogP contribution in [0.15, 0.2) is 18.2 Å². The summed E-state index contributed by atoms with van der Waals surface area (Å²) in [5.41, 5.74) is 5.20. The zero-order valence-corrected chi connectivity index (χ0v) is 7.64. The molecule has 78 valence electrons. The first kappa shape index (κ1) is 11.0. The fourth-order valence-electron chi connectivity index (χ4n) is 1.22. The highest BCUT2D eigenvalue weighted by molar-refractivity contribution is 5.19. The Kier molecular flexibility index (Phi) is 3.95. The van der Waals surface area contributed by atoms with Crippen LogP contribution in [0.2, 0.25) is 0 Å². The molecule has 0 aliphatic rings. The van der Waals surface area contributed by atoms with Gasteiger partial charge in [0.1, 0.15) is 17.8 Å². The summed E-state index contributed by atoms with van der Waals surface area (Å²) < 4.78 is 38.7. The molecule has 1 nitrogen and oxygen atoms in total. The molecule has 0 amide bonds. The number of halogens is 3. The SMILES string of the molecule is NCCC(F)Cc1cc(F)ccc1F. The van der Waals surface area contributed by atoms with Crippen molar-refractivity contribution < 1.29 is 13.2 Å². The van der Waals surface area contributed by atoms with Gasteiger partial charge in [0.2, 0.25) is 0 Å². The van der Waals surface area contributed by atoms with E-state index in [1.165, 1.54) is 0 Å². The zero-order valence-electron chi connectivity index (χ0n) is 7.64. The molecule has 0 aliphatic carbocycles. The van der Waals surface area contributed by atoms with Crippen LogP contribution in [0.5, 0.6) is 0 Å². The van der Waals surface area contributed by atoms with E-state index in [1.807, 2.05) is 0 Å². The lowest BCUT2D eigenvalue weighted by atomic mass is 10.1. The van der Waals surface area contributed by atoms with Crippen LogP contribution in [0.4, 0.5) is 13.2 Å². The fourth-order valence-corrected chi connectivity index (χ4v) is 1.22. The highest BCUT2D eigenvalue weighted by atomic mass is 19.1. The van der Waals surface area contributed by atoms with Crippen LogP contribution in [-0.4, -0.2) is 12.7 Å². The lowest BCUT2D eigenvalue weighted by molar-refractivity contribution is 0.313. The quantitative estimate of drug-likeness (QED) is 0.797. The van der Waals surface area contributed by atoms with Gasteiger partial charge in [0, 0.05) is 6.42 Å². The molecule has 0 bridgehead atoms. The third kappa shape index (κ3) is 3.03. The molecule has 0 spiro atoms. The maximum Gasteiger partial charge on any atom is 0.126 e. The number of hydrogen-bond acceptors (Lipinski definition) is 1. The first-order valence-corrected chi connectivity index (χ1v) is 4.41. The average molecular weight is 203 g/mol. The summed E-state index contributed by atoms with van der Waals surface area (Å²) in [5, 5.41) is 0. The molecule has 1 unspecified atom stereocenters. The van der Waals surface area contributed by atoms with Crippen LogP contribution >= 0.6 is 0 Å². The molecule has 0 fully saturated rings. The van der Waals surface area contributed by atoms with Crippen molar-refractivity contribution in [2.24, 2.45) is 5.73 Å². The summed E-state index contributed by atoms with van der Waals surface area (Å²) >= 11 is 0. The van der Waals surface area contributed by atoms with Crippen molar-refractivity contribution in [2.45, 2.75) is 19.0 Å². The van der Waals surface area contributed by atoms with Crippen molar-refractivity contribution in [3.05, 3.63) is 35.4 Å². The van der Waals surface area contributed by atoms with E-state index < -0.39 is 17.8 Å². The Morgan fingerprint density at radius 2 is 2.00 bits per heavy atom. The number of rotatable bonds is 4. The van der Waals surface area contributed by atoms with Gasteiger partial charge >= 0.3 is 0 Å². The van der Waals surface area contributed by atoms with Crippen LogP contribution in [0, 0.1) is 11.6 Å². The Balaban J connectivity index is 2.70. The van der Waals surface area contributed by atoms with Crippen molar-refractivity contribution in [2.75, 3.05) is 6.54 Å². The lowest BCUT2D eigenvalue weighted by Gasteiger charge is -2.07. The van der Waals surface area contributed by atoms with Gasteiger partial charge < -0.3 is 5.73 Å². The van der Waals surface area contributed by atoms with Gasteiger partial charge in [-0.15, -0.1) is 0 Å². The summed E-state index contributed by atoms with van der Waals surface area (Å²) in [6.07, 6.45) is -1.17. The standard InChI is InChI=1S/C10H12F3N/c11-8-1-2-10(13)7(5-8)6-9(12)3-4-14/h1-2,5,9H,3-4,6,14H2. The molecule has 1 aromatic rings. The summed E-state index contributed by atoms with van der Waals surface area (Å²) in [6.45, 7) is 0.206. The molecule has 14 heavy (non-hydrogen) atoms. The van der Waals surface area contributed by atoms with Gasteiger partial charge in [-0.1, -0.05) is 0 Å². The second-order valence-electron chi connectivity index (χ2n) is 3.11. The van der Waals surface area contributed by atoms with E-state index in [2.05, 4.69) is 0 Å². The third-order valence-corrected chi connectivity index (χ3v) is 1.93. The van der Waals surface area contributed by atoms with Gasteiger partial charge in [0.15, 0.2) is 0 Å². The Morgan fingerprint density at radius 3 is 2.64 bits per heavy atom. The van der Waals surface area contributed by atoms with Gasteiger partial charge in [-0.25, -0.2) is 13.2 Å². The minimum atomic E-state index is -1.21. The van der Waals surface area contributed by atoms with Crippen molar-refractivity contribution in [1.82, 2.24) is 0 Å². The minimum Gasteiger partial charge on any atom is -0.330 e. The average Bonchev–Trinajstić information content (AvgIpc) is 2.12. The van der Waals surface area contributed by atoms with Crippen LogP contribution in [0.1, 0.15) is 12.0 Å². The lowest BCUT2D eigenvalue weighted by Crippen LogP contribution is -2.12. The molecule has 0 radical (unpaired) electrons. The van der Waals surface area contributed by atoms with Crippen molar-refractivity contribution >= 4 is 0 Å². The first-order valence-electron chi connectivity index (χ1n) is 4.41. The number of hydrogen-bond donors (Lipinski definition) is 1. The molecule has 1 rings (SSSR count). The van der Waals surface area contributed by atoms with Crippen LogP contribution in [0.3, 0.4) is 0 Å². The van der Waals surface area contributed by atoms with Crippen LogP contribution in [0.25, 0.3) is 0 Å². The van der Waals surface area contributed by atoms with Crippen LogP contribution in [-0.2, 0) is 6.42 Å². The molecule has 0 aromatic heterocycles. The minimum absolute atomic E-state index is 0.0611. The second-order valence-corrected chi connectivity index (χ2v) is 3.11. The number of nitrogens with two attached hydrogens (primary N) is 1. The van der Waals surface area contributed by atoms with Crippen molar-refractivity contribution in [3.63, 3.8) is 0 Å². The summed E-state index contributed by atoms with van der Waals surface area (Å²) in [7, 11) is 0. The summed E-state index contributed by atoms with van der Waals surface area (Å²) in [4.78, 5) is 0. The molecule has 0 aliphatic heterocycles. The van der Waals surface area contributed by atoms with Gasteiger partial charge in [-0.2, -0.15) is 0 Å². The molecule has 1 aromatic carbocycles. The molecular formula is C10H12F3N. The normalized spacial score (nSPS) is 12.9. The molecule has 4 heteroatoms. The highest BCUT2D eigenvalue weighted by Gasteiger charge is 2.11. The van der Waals surface area contributed by atoms with E-state index >= 15 is 0 Å². The predicted molar refractivity (Wildman–Crippen MR) is 48.6 cm³/mol. The van der Waals surface area contributed by atoms with Gasteiger partial charge in [0.05, 0.1) is 0 Å². The van der Waals surface area contributed by atoms with Gasteiger partial charge in [0.25, 0.3) is 0 Å². The van der Waals surface area contributed by atoms with E-state index in [0.29, 0.717) is 0 Å². The van der Waals surface area contributed by atoms with E-state index in [4.69, 9.17) is 5.73 Å². The van der Waals surface area contributed by atoms with E-state index in [9.17, 15) is 13.2 Å². The molecule has 0 saturated carbocycles. The largest absolute Gasteiger partial charge is 0.330 e. The molecule has 0 saturated heterocycles. The Morgan fingerprint density at radius 1 is 1.29 bits per heavy atom. The monoisotopic (exact) mass is 203 g/mol. The topological polar surface area (TPSA) is 26.0 Å². The van der Waals surface area contributed by atoms with E-state index in [-0.39, 0.29) is 24.9 Å². The van der Waals surface area contributed by atoms with Crippen LogP contribution < -0.4 is 5.73 Å². The van der Waals surface area contributed by atoms with Crippen molar-refractivity contribution in [3.8, 4) is 0 Å². The Hall–Kier alpha value is -1.03. The van der Waals surface area contributed by atoms with Gasteiger partial charge in [-0.05, 0) is 36.7 Å².